The van der Waals surface area contributed by atoms with Crippen LogP contribution in [-0.4, -0.2) is 39.3 Å². The van der Waals surface area contributed by atoms with E-state index in [-0.39, 0.29) is 33.3 Å². The molecule has 0 radical (unpaired) electrons. The molecule has 7 heteroatoms. The number of hydrogen-bond acceptors (Lipinski definition) is 3. The zero-order chi connectivity index (χ0) is 20.3. The fourth-order valence-corrected chi connectivity index (χ4v) is 6.82. The van der Waals surface area contributed by atoms with Crippen molar-refractivity contribution in [2.75, 3.05) is 12.0 Å². The average Bonchev–Trinajstić information content (AvgIpc) is 2.53. The third-order valence-corrected chi connectivity index (χ3v) is 7.64. The maximum atomic E-state index is 14.5. The molecular formula is C21H25ClFNO3S. The Hall–Kier alpha value is -1.40. The van der Waals surface area contributed by atoms with Crippen molar-refractivity contribution in [3.05, 3.63) is 34.1 Å². The minimum Gasteiger partial charge on any atom is -0.347 e. The number of rotatable bonds is 5. The van der Waals surface area contributed by atoms with Gasteiger partial charge in [0.15, 0.2) is 5.78 Å². The first kappa shape index (κ1) is 19.9. The molecular weight excluding hydrogens is 401 g/mol. The van der Waals surface area contributed by atoms with E-state index < -0.39 is 21.1 Å². The average molecular weight is 426 g/mol. The largest absolute Gasteiger partial charge is 0.347 e. The van der Waals surface area contributed by atoms with Crippen LogP contribution in [0, 0.1) is 23.6 Å². The molecule has 0 aromatic heterocycles. The van der Waals surface area contributed by atoms with Gasteiger partial charge in [0.25, 0.3) is 5.91 Å². The maximum absolute atomic E-state index is 14.5. The lowest BCUT2D eigenvalue weighted by atomic mass is 9.53. The first-order valence-corrected chi connectivity index (χ1v) is 12.4. The van der Waals surface area contributed by atoms with E-state index in [9.17, 15) is 18.2 Å². The van der Waals surface area contributed by atoms with Crippen LogP contribution in [0.4, 0.5) is 4.39 Å². The number of nitrogens with one attached hydrogen (secondary N) is 1. The topological polar surface area (TPSA) is 63.2 Å². The van der Waals surface area contributed by atoms with Crippen molar-refractivity contribution in [1.29, 1.82) is 0 Å². The fourth-order valence-electron chi connectivity index (χ4n) is 5.86. The SMILES string of the molecule is C=S(C)(=O)CC(=O)c1cc(Cl)c(C(=O)NC23CC4CC(CC(C4)C2)C3)cc1F. The number of Topliss-reactive ketones (excluding diaryl/α,β-unsaturated/α-hetero) is 1. The minimum atomic E-state index is -2.60. The third kappa shape index (κ3) is 3.86. The molecule has 5 rings (SSSR count). The molecule has 4 bridgehead atoms. The number of benzene rings is 1. The summed E-state index contributed by atoms with van der Waals surface area (Å²) < 4.78 is 26.3. The Labute approximate surface area is 170 Å². The zero-order valence-electron chi connectivity index (χ0n) is 15.9. The van der Waals surface area contributed by atoms with Gasteiger partial charge in [-0.3, -0.25) is 13.8 Å². The molecule has 1 N–H and O–H groups in total. The van der Waals surface area contributed by atoms with Crippen molar-refractivity contribution < 1.29 is 18.2 Å². The summed E-state index contributed by atoms with van der Waals surface area (Å²) in [6.07, 6.45) is 8.07. The summed E-state index contributed by atoms with van der Waals surface area (Å²) in [5.74, 6) is 3.23. The molecule has 1 aromatic rings. The Kier molecular flexibility index (Phi) is 4.86. The summed E-state index contributed by atoms with van der Waals surface area (Å²) >= 11 is 6.23. The number of halogens is 2. The molecule has 0 saturated heterocycles. The fraction of sp³-hybridized carbons (Fsp3) is 0.571. The first-order chi connectivity index (χ1) is 13.0. The molecule has 4 saturated carbocycles. The molecule has 4 nitrogen and oxygen atoms in total. The van der Waals surface area contributed by atoms with Crippen LogP contribution in [0.25, 0.3) is 0 Å². The van der Waals surface area contributed by atoms with E-state index in [2.05, 4.69) is 11.2 Å². The van der Waals surface area contributed by atoms with Crippen LogP contribution in [0.15, 0.2) is 12.1 Å². The van der Waals surface area contributed by atoms with Crippen LogP contribution in [0.1, 0.15) is 59.2 Å². The van der Waals surface area contributed by atoms with Gasteiger partial charge in [0.1, 0.15) is 5.82 Å². The molecule has 152 valence electrons. The smallest absolute Gasteiger partial charge is 0.253 e. The highest BCUT2D eigenvalue weighted by atomic mass is 35.5. The van der Waals surface area contributed by atoms with Gasteiger partial charge in [-0.2, -0.15) is 0 Å². The number of hydrogen-bond donors (Lipinski definition) is 1. The van der Waals surface area contributed by atoms with Crippen LogP contribution in [-0.2, 0) is 9.52 Å². The molecule has 1 aromatic carbocycles. The third-order valence-electron chi connectivity index (χ3n) is 6.46. The predicted molar refractivity (Wildman–Crippen MR) is 110 cm³/mol. The lowest BCUT2D eigenvalue weighted by Gasteiger charge is -2.56. The van der Waals surface area contributed by atoms with Crippen molar-refractivity contribution in [3.63, 3.8) is 0 Å². The maximum Gasteiger partial charge on any atom is 0.253 e. The van der Waals surface area contributed by atoms with Crippen molar-refractivity contribution in [1.82, 2.24) is 5.32 Å². The lowest BCUT2D eigenvalue weighted by molar-refractivity contribution is -0.0167. The Morgan fingerprint density at radius 1 is 1.18 bits per heavy atom. The number of carbonyl (C=O) groups excluding carboxylic acids is 2. The highest BCUT2D eigenvalue weighted by molar-refractivity contribution is 8.00. The molecule has 1 atom stereocenters. The van der Waals surface area contributed by atoms with Crippen LogP contribution >= 0.6 is 11.6 Å². The second-order valence-electron chi connectivity index (χ2n) is 9.22. The van der Waals surface area contributed by atoms with E-state index in [0.29, 0.717) is 17.8 Å². The summed E-state index contributed by atoms with van der Waals surface area (Å²) in [4.78, 5) is 25.1. The molecule has 4 fully saturated rings. The normalized spacial score (nSPS) is 32.8. The van der Waals surface area contributed by atoms with Gasteiger partial charge in [0.2, 0.25) is 0 Å². The Morgan fingerprint density at radius 2 is 1.71 bits per heavy atom. The second-order valence-corrected chi connectivity index (χ2v) is 12.3. The lowest BCUT2D eigenvalue weighted by Crippen LogP contribution is -2.59. The molecule has 28 heavy (non-hydrogen) atoms. The zero-order valence-corrected chi connectivity index (χ0v) is 17.5. The predicted octanol–water partition coefficient (Wildman–Crippen LogP) is 3.71. The van der Waals surface area contributed by atoms with E-state index in [4.69, 9.17) is 11.6 Å². The van der Waals surface area contributed by atoms with Crippen molar-refractivity contribution in [2.24, 2.45) is 17.8 Å². The molecule has 1 amide bonds. The Morgan fingerprint density at radius 3 is 2.21 bits per heavy atom. The van der Waals surface area contributed by atoms with Gasteiger partial charge in [-0.15, -0.1) is 0 Å². The van der Waals surface area contributed by atoms with Gasteiger partial charge >= 0.3 is 0 Å². The standard InChI is InChI=1S/C21H25ClFNO3S/c1-28(2,27)11-19(25)16-6-17(22)15(7-18(16)23)20(26)24-21-8-12-3-13(9-21)5-14(4-12)10-21/h6-7,12-14H,1,3-5,8-11H2,2H3,(H,24,26). The number of ketones is 1. The molecule has 4 aliphatic rings. The second kappa shape index (κ2) is 6.84. The molecule has 0 aliphatic heterocycles. The van der Waals surface area contributed by atoms with Crippen LogP contribution in [0.3, 0.4) is 0 Å². The highest BCUT2D eigenvalue weighted by Gasteiger charge is 2.51. The Bertz CT molecular complexity index is 921. The highest BCUT2D eigenvalue weighted by Crippen LogP contribution is 2.55. The van der Waals surface area contributed by atoms with Gasteiger partial charge in [0, 0.05) is 11.8 Å². The van der Waals surface area contributed by atoms with Gasteiger partial charge in [-0.25, -0.2) is 4.39 Å². The summed E-state index contributed by atoms with van der Waals surface area (Å²) in [5.41, 5.74) is -0.422. The van der Waals surface area contributed by atoms with Gasteiger partial charge in [0.05, 0.1) is 21.9 Å². The summed E-state index contributed by atoms with van der Waals surface area (Å²) in [6, 6.07) is 2.19. The van der Waals surface area contributed by atoms with Crippen molar-refractivity contribution in [3.8, 4) is 0 Å². The van der Waals surface area contributed by atoms with E-state index in [1.807, 2.05) is 0 Å². The molecule has 4 aliphatic carbocycles. The number of carbonyl (C=O) groups is 2. The van der Waals surface area contributed by atoms with Gasteiger partial charge in [-0.1, -0.05) is 11.6 Å². The minimum absolute atomic E-state index is 0.0265. The van der Waals surface area contributed by atoms with Crippen molar-refractivity contribution >= 4 is 38.7 Å². The van der Waals surface area contributed by atoms with E-state index in [0.717, 1.165) is 25.3 Å². The van der Waals surface area contributed by atoms with Gasteiger partial charge < -0.3 is 5.32 Å². The first-order valence-electron chi connectivity index (χ1n) is 9.68. The van der Waals surface area contributed by atoms with E-state index >= 15 is 0 Å². The summed E-state index contributed by atoms with van der Waals surface area (Å²) in [7, 11) is -2.60. The number of amides is 1. The summed E-state index contributed by atoms with van der Waals surface area (Å²) in [5, 5.41) is 3.19. The van der Waals surface area contributed by atoms with Crippen LogP contribution < -0.4 is 5.32 Å². The molecule has 0 spiro atoms. The quantitative estimate of drug-likeness (QED) is 0.577. The Balaban J connectivity index is 1.55. The van der Waals surface area contributed by atoms with E-state index in [1.54, 1.807) is 0 Å². The molecule has 1 unspecified atom stereocenters. The molecule has 0 heterocycles. The van der Waals surface area contributed by atoms with Crippen molar-refractivity contribution in [2.45, 2.75) is 44.1 Å². The monoisotopic (exact) mass is 425 g/mol. The van der Waals surface area contributed by atoms with Gasteiger partial charge in [-0.05, 0) is 83.8 Å². The van der Waals surface area contributed by atoms with E-state index in [1.165, 1.54) is 31.6 Å². The van der Waals surface area contributed by atoms with Crippen LogP contribution in [0.2, 0.25) is 5.02 Å². The summed E-state index contributed by atoms with van der Waals surface area (Å²) in [6.45, 7) is 0. The van der Waals surface area contributed by atoms with Crippen LogP contribution in [0.5, 0.6) is 0 Å².